The molecule has 0 aliphatic heterocycles. The van der Waals surface area contributed by atoms with Crippen molar-refractivity contribution in [3.63, 3.8) is 0 Å². The van der Waals surface area contributed by atoms with Crippen molar-refractivity contribution >= 4 is 17.5 Å². The van der Waals surface area contributed by atoms with Crippen LogP contribution in [0.3, 0.4) is 0 Å². The van der Waals surface area contributed by atoms with Gasteiger partial charge in [-0.15, -0.1) is 0 Å². The van der Waals surface area contributed by atoms with Crippen LogP contribution in [0.4, 0.5) is 0 Å². The van der Waals surface area contributed by atoms with Crippen LogP contribution in [-0.2, 0) is 6.42 Å². The summed E-state index contributed by atoms with van der Waals surface area (Å²) in [4.78, 5) is 35.5. The molecule has 0 bridgehead atoms. The zero-order valence-corrected chi connectivity index (χ0v) is 21.6. The number of carbonyl (C=O) groups excluding carboxylic acids is 2. The molecule has 5 aromatic carbocycles. The molecule has 0 amide bonds. The highest BCUT2D eigenvalue weighted by Gasteiger charge is 2.14. The third kappa shape index (κ3) is 7.02. The van der Waals surface area contributed by atoms with Crippen LogP contribution in [0.5, 0.6) is 0 Å². The second kappa shape index (κ2) is 12.9. The number of carbonyl (C=O) groups is 3. The lowest BCUT2D eigenvalue weighted by molar-refractivity contribution is 0.0695. The highest BCUT2D eigenvalue weighted by Crippen LogP contribution is 2.23. The molecule has 39 heavy (non-hydrogen) atoms. The van der Waals surface area contributed by atoms with Crippen molar-refractivity contribution in [1.82, 2.24) is 0 Å². The standard InChI is InChI=1S/C20H16O.C15H12O3/c1-15-14-18(16-8-4-2-5-9-16)12-13-19(15)20(21)17-10-6-3-7-11-17;16-14(11-6-2-1-3-7-11)10-12-8-4-5-9-13(12)15(17)18/h2-14H,1H3;1-9H,10H2,(H,17,18). The van der Waals surface area contributed by atoms with Gasteiger partial charge in [-0.05, 0) is 35.2 Å². The monoisotopic (exact) mass is 512 g/mol. The summed E-state index contributed by atoms with van der Waals surface area (Å²) in [6, 6.07) is 41.1. The van der Waals surface area contributed by atoms with Crippen molar-refractivity contribution in [1.29, 1.82) is 0 Å². The maximum Gasteiger partial charge on any atom is 0.335 e. The zero-order valence-electron chi connectivity index (χ0n) is 21.6. The van der Waals surface area contributed by atoms with Crippen molar-refractivity contribution in [2.45, 2.75) is 13.3 Å². The molecule has 1 N–H and O–H groups in total. The highest BCUT2D eigenvalue weighted by molar-refractivity contribution is 6.10. The summed E-state index contributed by atoms with van der Waals surface area (Å²) in [6.07, 6.45) is 0.104. The lowest BCUT2D eigenvalue weighted by atomic mass is 9.95. The summed E-state index contributed by atoms with van der Waals surface area (Å²) >= 11 is 0. The van der Waals surface area contributed by atoms with Gasteiger partial charge in [0.15, 0.2) is 11.6 Å². The summed E-state index contributed by atoms with van der Waals surface area (Å²) in [5, 5.41) is 9.04. The molecule has 0 heterocycles. The Morgan fingerprint density at radius 3 is 1.69 bits per heavy atom. The molecule has 0 unspecified atom stereocenters. The Hall–Kier alpha value is -5.09. The van der Waals surface area contributed by atoms with Gasteiger partial charge in [-0.3, -0.25) is 9.59 Å². The highest BCUT2D eigenvalue weighted by atomic mass is 16.4. The van der Waals surface area contributed by atoms with E-state index in [0.29, 0.717) is 11.1 Å². The van der Waals surface area contributed by atoms with E-state index in [0.717, 1.165) is 22.3 Å². The van der Waals surface area contributed by atoms with E-state index < -0.39 is 5.97 Å². The van der Waals surface area contributed by atoms with E-state index in [2.05, 4.69) is 18.2 Å². The number of aryl methyl sites for hydroxylation is 1. The molecule has 0 saturated carbocycles. The van der Waals surface area contributed by atoms with Gasteiger partial charge in [-0.2, -0.15) is 0 Å². The Kier molecular flexibility index (Phi) is 8.94. The van der Waals surface area contributed by atoms with Crippen LogP contribution in [0.15, 0.2) is 133 Å². The third-order valence-corrected chi connectivity index (χ3v) is 6.31. The second-order valence-corrected chi connectivity index (χ2v) is 9.02. The van der Waals surface area contributed by atoms with E-state index in [1.165, 1.54) is 11.6 Å². The zero-order chi connectivity index (χ0) is 27.6. The van der Waals surface area contributed by atoms with Gasteiger partial charge < -0.3 is 5.11 Å². The van der Waals surface area contributed by atoms with Crippen LogP contribution >= 0.6 is 0 Å². The molecule has 5 rings (SSSR count). The molecule has 0 aliphatic rings. The van der Waals surface area contributed by atoms with Crippen molar-refractivity contribution < 1.29 is 19.5 Å². The molecule has 4 heteroatoms. The SMILES string of the molecule is Cc1cc(-c2ccccc2)ccc1C(=O)c1ccccc1.O=C(Cc1ccccc1C(=O)O)c1ccccc1. The van der Waals surface area contributed by atoms with E-state index in [9.17, 15) is 14.4 Å². The summed E-state index contributed by atoms with van der Waals surface area (Å²) in [6.45, 7) is 1.99. The first-order chi connectivity index (χ1) is 18.9. The Bertz CT molecular complexity index is 1570. The molecule has 0 atom stereocenters. The van der Waals surface area contributed by atoms with Crippen LogP contribution < -0.4 is 0 Å². The number of benzene rings is 5. The first-order valence-corrected chi connectivity index (χ1v) is 12.6. The Morgan fingerprint density at radius 2 is 1.10 bits per heavy atom. The van der Waals surface area contributed by atoms with Crippen molar-refractivity contribution in [3.8, 4) is 11.1 Å². The van der Waals surface area contributed by atoms with Gasteiger partial charge in [0.25, 0.3) is 0 Å². The largest absolute Gasteiger partial charge is 0.478 e. The number of hydrogen-bond donors (Lipinski definition) is 1. The fraction of sp³-hybridized carbons (Fsp3) is 0.0571. The summed E-state index contributed by atoms with van der Waals surface area (Å²) in [5.74, 6) is -1.01. The topological polar surface area (TPSA) is 71.4 Å². The molecule has 0 saturated heterocycles. The van der Waals surface area contributed by atoms with Crippen LogP contribution in [0.2, 0.25) is 0 Å². The van der Waals surface area contributed by atoms with E-state index in [4.69, 9.17) is 5.11 Å². The van der Waals surface area contributed by atoms with E-state index in [-0.39, 0.29) is 23.6 Å². The van der Waals surface area contributed by atoms with E-state index >= 15 is 0 Å². The molecular formula is C35H28O4. The minimum atomic E-state index is -1.01. The average molecular weight is 513 g/mol. The number of Topliss-reactive ketones (excluding diaryl/α,β-unsaturated/α-hetero) is 1. The lowest BCUT2D eigenvalue weighted by Crippen LogP contribution is -2.08. The Labute approximate surface area is 228 Å². The van der Waals surface area contributed by atoms with Crippen LogP contribution in [0.1, 0.15) is 47.8 Å². The average Bonchev–Trinajstić information content (AvgIpc) is 2.98. The Balaban J connectivity index is 0.000000183. The van der Waals surface area contributed by atoms with Gasteiger partial charge in [-0.1, -0.05) is 127 Å². The van der Waals surface area contributed by atoms with Gasteiger partial charge in [0, 0.05) is 23.1 Å². The van der Waals surface area contributed by atoms with Crippen LogP contribution in [0, 0.1) is 6.92 Å². The maximum absolute atomic E-state index is 12.5. The molecule has 192 valence electrons. The first kappa shape index (κ1) is 27.0. The van der Waals surface area contributed by atoms with E-state index in [1.807, 2.05) is 73.7 Å². The molecular weight excluding hydrogens is 484 g/mol. The number of carboxylic acid groups (broad SMARTS) is 1. The van der Waals surface area contributed by atoms with Crippen molar-refractivity contribution in [2.24, 2.45) is 0 Å². The predicted octanol–water partition coefficient (Wildman–Crippen LogP) is 7.70. The van der Waals surface area contributed by atoms with Gasteiger partial charge in [-0.25, -0.2) is 4.79 Å². The summed E-state index contributed by atoms with van der Waals surface area (Å²) in [7, 11) is 0. The number of ketones is 2. The molecule has 4 nitrogen and oxygen atoms in total. The number of carboxylic acids is 1. The van der Waals surface area contributed by atoms with E-state index in [1.54, 1.807) is 42.5 Å². The van der Waals surface area contributed by atoms with Crippen molar-refractivity contribution in [2.75, 3.05) is 0 Å². The molecule has 5 aromatic rings. The van der Waals surface area contributed by atoms with Gasteiger partial charge in [0.2, 0.25) is 0 Å². The fourth-order valence-electron chi connectivity index (χ4n) is 4.26. The lowest BCUT2D eigenvalue weighted by Gasteiger charge is -2.08. The minimum Gasteiger partial charge on any atom is -0.478 e. The first-order valence-electron chi connectivity index (χ1n) is 12.6. The molecule has 0 spiro atoms. The summed E-state index contributed by atoms with van der Waals surface area (Å²) < 4.78 is 0. The van der Waals surface area contributed by atoms with Crippen molar-refractivity contribution in [3.05, 3.63) is 167 Å². The number of aromatic carboxylic acids is 1. The smallest absolute Gasteiger partial charge is 0.335 e. The molecule has 0 aliphatic carbocycles. The van der Waals surface area contributed by atoms with Gasteiger partial charge in [0.05, 0.1) is 5.56 Å². The van der Waals surface area contributed by atoms with Gasteiger partial charge in [0.1, 0.15) is 0 Å². The van der Waals surface area contributed by atoms with Crippen LogP contribution in [-0.4, -0.2) is 22.6 Å². The fourth-order valence-corrected chi connectivity index (χ4v) is 4.26. The minimum absolute atomic E-state index is 0.0766. The Morgan fingerprint density at radius 1 is 0.564 bits per heavy atom. The van der Waals surface area contributed by atoms with Gasteiger partial charge >= 0.3 is 5.97 Å². The second-order valence-electron chi connectivity index (χ2n) is 9.02. The summed E-state index contributed by atoms with van der Waals surface area (Å²) in [5.41, 5.74) is 6.12. The van der Waals surface area contributed by atoms with Crippen LogP contribution in [0.25, 0.3) is 11.1 Å². The predicted molar refractivity (Wildman–Crippen MR) is 154 cm³/mol. The quantitative estimate of drug-likeness (QED) is 0.227. The number of rotatable bonds is 7. The third-order valence-electron chi connectivity index (χ3n) is 6.31. The number of hydrogen-bond acceptors (Lipinski definition) is 3. The molecule has 0 radical (unpaired) electrons. The molecule has 0 aromatic heterocycles. The maximum atomic E-state index is 12.5. The normalized spacial score (nSPS) is 10.2. The molecule has 0 fully saturated rings.